The summed E-state index contributed by atoms with van der Waals surface area (Å²) in [5.74, 6) is 5.40. The first-order chi connectivity index (χ1) is 9.70. The number of carbonyl (C=O) groups is 1. The third-order valence-corrected chi connectivity index (χ3v) is 2.68. The minimum atomic E-state index is -0.216. The normalized spacial score (nSPS) is 9.70. The molecular weight excluding hydrogens is 256 g/mol. The number of amides is 1. The Kier molecular flexibility index (Phi) is 4.53. The number of aliphatic hydroxyl groups excluding tert-OH is 1. The van der Waals surface area contributed by atoms with Gasteiger partial charge in [-0.2, -0.15) is 0 Å². The number of hydrogen-bond acceptors (Lipinski definition) is 4. The van der Waals surface area contributed by atoms with Crippen LogP contribution in [0.4, 0.5) is 0 Å². The van der Waals surface area contributed by atoms with Crippen LogP contribution in [0, 0.1) is 11.8 Å². The van der Waals surface area contributed by atoms with Crippen molar-refractivity contribution in [2.75, 3.05) is 13.7 Å². The topological polar surface area (TPSA) is 66.6 Å². The number of carbonyl (C=O) groups excluding carboxylic acids is 1. The van der Waals surface area contributed by atoms with Gasteiger partial charge in [0.15, 0.2) is 0 Å². The molecule has 0 aliphatic carbocycles. The summed E-state index contributed by atoms with van der Waals surface area (Å²) >= 11 is 0. The molecule has 0 unspecified atom stereocenters. The summed E-state index contributed by atoms with van der Waals surface area (Å²) in [6.45, 7) is 0.309. The molecule has 2 rings (SSSR count). The van der Waals surface area contributed by atoms with Gasteiger partial charge in [-0.3, -0.25) is 4.79 Å². The van der Waals surface area contributed by atoms with Gasteiger partial charge in [-0.15, -0.1) is 0 Å². The third kappa shape index (κ3) is 3.46. The second-order valence-electron chi connectivity index (χ2n) is 4.19. The Balaban J connectivity index is 2.01. The maximum Gasteiger partial charge on any atom is 0.292 e. The van der Waals surface area contributed by atoms with Crippen LogP contribution in [0.2, 0.25) is 0 Å². The highest BCUT2D eigenvalue weighted by molar-refractivity contribution is 5.91. The van der Waals surface area contributed by atoms with Crippen molar-refractivity contribution >= 4 is 5.91 Å². The van der Waals surface area contributed by atoms with E-state index in [1.807, 2.05) is 24.3 Å². The molecule has 0 radical (unpaired) electrons. The van der Waals surface area contributed by atoms with Gasteiger partial charge in [0.2, 0.25) is 5.76 Å². The molecule has 102 valence electrons. The van der Waals surface area contributed by atoms with Gasteiger partial charge in [-0.1, -0.05) is 29.1 Å². The summed E-state index contributed by atoms with van der Waals surface area (Å²) in [5.41, 5.74) is 1.81. The zero-order valence-electron chi connectivity index (χ0n) is 11.0. The summed E-state index contributed by atoms with van der Waals surface area (Å²) < 4.78 is 4.83. The van der Waals surface area contributed by atoms with Crippen LogP contribution >= 0.6 is 0 Å². The van der Waals surface area contributed by atoms with Crippen molar-refractivity contribution in [2.45, 2.75) is 6.54 Å². The molecule has 0 saturated heterocycles. The van der Waals surface area contributed by atoms with Crippen molar-refractivity contribution in [3.8, 4) is 11.8 Å². The van der Waals surface area contributed by atoms with E-state index < -0.39 is 0 Å². The molecule has 0 fully saturated rings. The van der Waals surface area contributed by atoms with E-state index in [9.17, 15) is 4.79 Å². The standard InChI is InChI=1S/C15H14N2O3/c1-17(15(19)14-8-9-16-20-14)11-13-6-4-12(5-7-13)3-2-10-18/h4-9,18H,10-11H2,1H3. The Morgan fingerprint density at radius 1 is 1.35 bits per heavy atom. The minimum absolute atomic E-state index is 0.157. The number of hydrogen-bond donors (Lipinski definition) is 1. The Hall–Kier alpha value is -2.58. The van der Waals surface area contributed by atoms with Crippen molar-refractivity contribution < 1.29 is 14.4 Å². The van der Waals surface area contributed by atoms with Crippen LogP contribution in [0.5, 0.6) is 0 Å². The van der Waals surface area contributed by atoms with Gasteiger partial charge < -0.3 is 14.5 Å². The second kappa shape index (κ2) is 6.55. The largest absolute Gasteiger partial charge is 0.384 e. The van der Waals surface area contributed by atoms with Gasteiger partial charge in [0, 0.05) is 25.2 Å². The van der Waals surface area contributed by atoms with Gasteiger partial charge in [0.25, 0.3) is 5.91 Å². The quantitative estimate of drug-likeness (QED) is 0.853. The summed E-state index contributed by atoms with van der Waals surface area (Å²) in [7, 11) is 1.70. The summed E-state index contributed by atoms with van der Waals surface area (Å²) in [5, 5.41) is 12.1. The smallest absolute Gasteiger partial charge is 0.292 e. The monoisotopic (exact) mass is 270 g/mol. The molecular formula is C15H14N2O3. The number of nitrogens with zero attached hydrogens (tertiary/aromatic N) is 2. The fourth-order valence-corrected chi connectivity index (χ4v) is 1.69. The molecule has 1 amide bonds. The van der Waals surface area contributed by atoms with Crippen molar-refractivity contribution in [3.05, 3.63) is 53.4 Å². The van der Waals surface area contributed by atoms with Crippen LogP contribution in [0.25, 0.3) is 0 Å². The Morgan fingerprint density at radius 3 is 2.70 bits per heavy atom. The van der Waals surface area contributed by atoms with Crippen molar-refractivity contribution in [1.82, 2.24) is 10.1 Å². The first kappa shape index (κ1) is 13.8. The average molecular weight is 270 g/mol. The van der Waals surface area contributed by atoms with Crippen LogP contribution in [0.15, 0.2) is 41.1 Å². The lowest BCUT2D eigenvalue weighted by atomic mass is 10.1. The Morgan fingerprint density at radius 2 is 2.10 bits per heavy atom. The first-order valence-corrected chi connectivity index (χ1v) is 6.05. The van der Waals surface area contributed by atoms with Crippen LogP contribution in [-0.2, 0) is 6.54 Å². The van der Waals surface area contributed by atoms with Crippen molar-refractivity contribution in [3.63, 3.8) is 0 Å². The highest BCUT2D eigenvalue weighted by Gasteiger charge is 2.15. The number of benzene rings is 1. The van der Waals surface area contributed by atoms with E-state index in [0.29, 0.717) is 6.54 Å². The first-order valence-electron chi connectivity index (χ1n) is 6.05. The molecule has 0 atom stereocenters. The van der Waals surface area contributed by atoms with Crippen LogP contribution in [0.1, 0.15) is 21.7 Å². The third-order valence-electron chi connectivity index (χ3n) is 2.68. The van der Waals surface area contributed by atoms with Gasteiger partial charge in [-0.05, 0) is 17.7 Å². The molecule has 0 aliphatic heterocycles. The van der Waals surface area contributed by atoms with E-state index in [1.54, 1.807) is 11.9 Å². The highest BCUT2D eigenvalue weighted by Crippen LogP contribution is 2.09. The van der Waals surface area contributed by atoms with Gasteiger partial charge in [0.1, 0.15) is 6.61 Å². The van der Waals surface area contributed by atoms with E-state index in [-0.39, 0.29) is 18.3 Å². The zero-order chi connectivity index (χ0) is 14.4. The number of aliphatic hydroxyl groups is 1. The summed E-state index contributed by atoms with van der Waals surface area (Å²) in [6.07, 6.45) is 1.44. The Bertz CT molecular complexity index is 621. The lowest BCUT2D eigenvalue weighted by molar-refractivity contribution is 0.0743. The molecule has 2 aromatic rings. The molecule has 5 heteroatoms. The van der Waals surface area contributed by atoms with E-state index >= 15 is 0 Å². The molecule has 5 nitrogen and oxygen atoms in total. The maximum atomic E-state index is 12.0. The number of rotatable bonds is 3. The zero-order valence-corrected chi connectivity index (χ0v) is 11.0. The Labute approximate surface area is 116 Å². The second-order valence-corrected chi connectivity index (χ2v) is 4.19. The fraction of sp³-hybridized carbons (Fsp3) is 0.200. The predicted octanol–water partition coefficient (Wildman–Crippen LogP) is 1.29. The molecule has 0 saturated carbocycles. The van der Waals surface area contributed by atoms with Crippen LogP contribution in [0.3, 0.4) is 0 Å². The molecule has 1 heterocycles. The van der Waals surface area contributed by atoms with E-state index in [0.717, 1.165) is 11.1 Å². The lowest BCUT2D eigenvalue weighted by Gasteiger charge is -2.15. The van der Waals surface area contributed by atoms with Gasteiger partial charge in [0.05, 0.1) is 6.20 Å². The van der Waals surface area contributed by atoms with E-state index in [1.165, 1.54) is 12.3 Å². The lowest BCUT2D eigenvalue weighted by Crippen LogP contribution is -2.25. The molecule has 1 N–H and O–H groups in total. The number of aromatic nitrogens is 1. The van der Waals surface area contributed by atoms with Crippen LogP contribution in [-0.4, -0.2) is 34.7 Å². The van der Waals surface area contributed by atoms with E-state index in [2.05, 4.69) is 17.0 Å². The minimum Gasteiger partial charge on any atom is -0.384 e. The molecule has 0 aliphatic rings. The van der Waals surface area contributed by atoms with Gasteiger partial charge in [-0.25, -0.2) is 0 Å². The van der Waals surface area contributed by atoms with Crippen molar-refractivity contribution in [1.29, 1.82) is 0 Å². The summed E-state index contributed by atoms with van der Waals surface area (Å²) in [4.78, 5) is 13.5. The molecule has 1 aromatic carbocycles. The summed E-state index contributed by atoms with van der Waals surface area (Å²) in [6, 6.07) is 9.03. The van der Waals surface area contributed by atoms with Crippen LogP contribution < -0.4 is 0 Å². The predicted molar refractivity (Wildman–Crippen MR) is 72.7 cm³/mol. The highest BCUT2D eigenvalue weighted by atomic mass is 16.5. The SMILES string of the molecule is CN(Cc1ccc(C#CCO)cc1)C(=O)c1ccno1. The molecule has 1 aromatic heterocycles. The molecule has 20 heavy (non-hydrogen) atoms. The average Bonchev–Trinajstić information content (AvgIpc) is 3.00. The maximum absolute atomic E-state index is 12.0. The van der Waals surface area contributed by atoms with Crippen molar-refractivity contribution in [2.24, 2.45) is 0 Å². The van der Waals surface area contributed by atoms with E-state index in [4.69, 9.17) is 9.63 Å². The molecule has 0 bridgehead atoms. The fourth-order valence-electron chi connectivity index (χ4n) is 1.69. The van der Waals surface area contributed by atoms with Gasteiger partial charge >= 0.3 is 0 Å². The molecule has 0 spiro atoms.